The maximum absolute atomic E-state index is 13.8. The molecular weight excluding hydrogens is 642 g/mol. The summed E-state index contributed by atoms with van der Waals surface area (Å²) in [4.78, 5) is 12.1. The van der Waals surface area contributed by atoms with E-state index in [0.29, 0.717) is 11.6 Å². The molecule has 2 aliphatic heterocycles. The first-order valence-corrected chi connectivity index (χ1v) is 14.9. The zero-order chi connectivity index (χ0) is 32.0. The fourth-order valence-corrected chi connectivity index (χ4v) is 6.92. The molecule has 1 saturated heterocycles. The second kappa shape index (κ2) is 11.6. The van der Waals surface area contributed by atoms with Crippen LogP contribution in [0.5, 0.6) is 11.5 Å². The molecule has 2 heterocycles. The monoisotopic (exact) mass is 664 g/mol. The zero-order valence-electron chi connectivity index (χ0n) is 22.4. The minimum atomic E-state index is -4.95. The standard InChI is InChI=1S/C28H23ClF6N2O6S/c29-21-5-2-6-24(43-28(33,34)35)26(21)36-13-17(14-36)16-7-9-23-22(11-16)37(15-19(42-23)8-10-25(38)39)44(40,41)20-4-1-3-18(12-20)27(30,31)32/h1-7,9,11-12,17,19H,8,10,13-15H2,(H,38,39)/t19-/m0/s1. The molecule has 8 nitrogen and oxygen atoms in total. The Kier molecular flexibility index (Phi) is 8.31. The normalized spacial score (nSPS) is 17.5. The van der Waals surface area contributed by atoms with Gasteiger partial charge in [-0.05, 0) is 54.4 Å². The molecule has 0 saturated carbocycles. The van der Waals surface area contributed by atoms with Crippen LogP contribution in [0.1, 0.15) is 29.9 Å². The minimum absolute atomic E-state index is 0.0313. The summed E-state index contributed by atoms with van der Waals surface area (Å²) in [6.45, 7) is 0.0231. The van der Waals surface area contributed by atoms with Gasteiger partial charge in [0.2, 0.25) is 0 Å². The van der Waals surface area contributed by atoms with E-state index < -0.39 is 50.8 Å². The second-order valence-corrected chi connectivity index (χ2v) is 12.5. The van der Waals surface area contributed by atoms with E-state index in [0.717, 1.165) is 28.6 Å². The fourth-order valence-electron chi connectivity index (χ4n) is 5.09. The van der Waals surface area contributed by atoms with Crippen molar-refractivity contribution in [2.45, 2.75) is 42.3 Å². The molecule has 16 heteroatoms. The number of alkyl halides is 6. The zero-order valence-corrected chi connectivity index (χ0v) is 24.0. The van der Waals surface area contributed by atoms with E-state index in [-0.39, 0.29) is 60.5 Å². The predicted molar refractivity (Wildman–Crippen MR) is 147 cm³/mol. The van der Waals surface area contributed by atoms with Gasteiger partial charge in [-0.2, -0.15) is 13.2 Å². The van der Waals surface area contributed by atoms with Gasteiger partial charge in [-0.3, -0.25) is 9.10 Å². The van der Waals surface area contributed by atoms with Crippen LogP contribution in [0.3, 0.4) is 0 Å². The van der Waals surface area contributed by atoms with Gasteiger partial charge >= 0.3 is 18.5 Å². The molecule has 2 aliphatic rings. The number of para-hydroxylation sites is 1. The Morgan fingerprint density at radius 2 is 1.70 bits per heavy atom. The Balaban J connectivity index is 1.46. The summed E-state index contributed by atoms with van der Waals surface area (Å²) in [7, 11) is -4.59. The molecule has 0 aliphatic carbocycles. The molecule has 3 aromatic carbocycles. The number of benzene rings is 3. The number of hydrogen-bond donors (Lipinski definition) is 1. The third-order valence-corrected chi connectivity index (χ3v) is 9.27. The molecule has 5 rings (SSSR count). The Bertz CT molecular complexity index is 1680. The van der Waals surface area contributed by atoms with Crippen LogP contribution in [0, 0.1) is 0 Å². The number of fused-ring (bicyclic) bond motifs is 1. The summed E-state index contributed by atoms with van der Waals surface area (Å²) < 4.78 is 117. The van der Waals surface area contributed by atoms with Crippen molar-refractivity contribution in [3.05, 3.63) is 76.8 Å². The maximum atomic E-state index is 13.8. The number of carboxylic acid groups (broad SMARTS) is 1. The third-order valence-electron chi connectivity index (χ3n) is 7.19. The summed E-state index contributed by atoms with van der Waals surface area (Å²) in [6, 6.07) is 11.7. The summed E-state index contributed by atoms with van der Waals surface area (Å²) in [5.41, 5.74) is -0.503. The number of aliphatic carboxylic acids is 1. The number of halogens is 7. The first kappa shape index (κ1) is 31.6. The van der Waals surface area contributed by atoms with Crippen LogP contribution in [0.4, 0.5) is 37.7 Å². The van der Waals surface area contributed by atoms with Gasteiger partial charge < -0.3 is 19.5 Å². The number of anilines is 2. The van der Waals surface area contributed by atoms with E-state index in [1.54, 1.807) is 11.0 Å². The van der Waals surface area contributed by atoms with Crippen LogP contribution < -0.4 is 18.7 Å². The Hall–Kier alpha value is -3.85. The predicted octanol–water partition coefficient (Wildman–Crippen LogP) is 6.68. The van der Waals surface area contributed by atoms with Crippen LogP contribution in [0.25, 0.3) is 0 Å². The van der Waals surface area contributed by atoms with Gasteiger partial charge in [-0.25, -0.2) is 8.42 Å². The van der Waals surface area contributed by atoms with E-state index in [4.69, 9.17) is 21.4 Å². The molecule has 1 fully saturated rings. The second-order valence-electron chi connectivity index (χ2n) is 10.2. The first-order valence-electron chi connectivity index (χ1n) is 13.0. The molecule has 1 N–H and O–H groups in total. The number of ether oxygens (including phenoxy) is 2. The van der Waals surface area contributed by atoms with Gasteiger partial charge in [0.1, 0.15) is 11.9 Å². The van der Waals surface area contributed by atoms with E-state index in [2.05, 4.69) is 4.74 Å². The smallest absolute Gasteiger partial charge is 0.486 e. The molecule has 3 aromatic rings. The molecule has 0 spiro atoms. The summed E-state index contributed by atoms with van der Waals surface area (Å²) in [5, 5.41) is 9.14. The quantitative estimate of drug-likeness (QED) is 0.268. The van der Waals surface area contributed by atoms with Crippen molar-refractivity contribution in [3.8, 4) is 11.5 Å². The lowest BCUT2D eigenvalue weighted by molar-refractivity contribution is -0.274. The lowest BCUT2D eigenvalue weighted by Gasteiger charge is -2.43. The molecule has 0 aromatic heterocycles. The van der Waals surface area contributed by atoms with Gasteiger partial charge in [0.15, 0.2) is 5.75 Å². The average Bonchev–Trinajstić information content (AvgIpc) is 2.91. The van der Waals surface area contributed by atoms with Crippen LogP contribution in [-0.4, -0.2) is 51.6 Å². The average molecular weight is 665 g/mol. The van der Waals surface area contributed by atoms with Crippen LogP contribution in [-0.2, 0) is 21.0 Å². The molecule has 0 unspecified atom stereocenters. The van der Waals surface area contributed by atoms with Crippen LogP contribution >= 0.6 is 11.6 Å². The number of nitrogens with zero attached hydrogens (tertiary/aromatic N) is 2. The number of carbonyl (C=O) groups is 1. The number of hydrogen-bond acceptors (Lipinski definition) is 6. The van der Waals surface area contributed by atoms with Gasteiger partial charge in [-0.1, -0.05) is 29.8 Å². The van der Waals surface area contributed by atoms with E-state index in [1.165, 1.54) is 24.3 Å². The highest BCUT2D eigenvalue weighted by molar-refractivity contribution is 7.92. The molecular formula is C28H23ClF6N2O6S. The van der Waals surface area contributed by atoms with E-state index >= 15 is 0 Å². The summed E-state index contributed by atoms with van der Waals surface area (Å²) in [5.74, 6) is -1.83. The Morgan fingerprint density at radius 1 is 1.00 bits per heavy atom. The Labute approximate surface area is 252 Å². The van der Waals surface area contributed by atoms with Gasteiger partial charge in [-0.15, -0.1) is 13.2 Å². The highest BCUT2D eigenvalue weighted by Crippen LogP contribution is 2.46. The largest absolute Gasteiger partial charge is 0.573 e. The SMILES string of the molecule is O=C(O)CC[C@H]1CN(S(=O)(=O)c2cccc(C(F)(F)F)c2)c2cc(C3CN(c4c(Cl)cccc4OC(F)(F)F)C3)ccc2O1. The molecule has 236 valence electrons. The van der Waals surface area contributed by atoms with E-state index in [1.807, 2.05) is 0 Å². The van der Waals surface area contributed by atoms with Crippen molar-refractivity contribution >= 4 is 39.0 Å². The van der Waals surface area contributed by atoms with Crippen molar-refractivity contribution < 1.29 is 54.1 Å². The van der Waals surface area contributed by atoms with Crippen molar-refractivity contribution in [2.75, 3.05) is 28.8 Å². The van der Waals surface area contributed by atoms with Crippen molar-refractivity contribution in [2.24, 2.45) is 0 Å². The van der Waals surface area contributed by atoms with E-state index in [9.17, 15) is 39.6 Å². The van der Waals surface area contributed by atoms with Crippen LogP contribution in [0.2, 0.25) is 5.02 Å². The highest BCUT2D eigenvalue weighted by Gasteiger charge is 2.40. The van der Waals surface area contributed by atoms with Gasteiger partial charge in [0.25, 0.3) is 10.0 Å². The summed E-state index contributed by atoms with van der Waals surface area (Å²) in [6.07, 6.45) is -11.1. The third kappa shape index (κ3) is 6.62. The Morgan fingerprint density at radius 3 is 2.36 bits per heavy atom. The lowest BCUT2D eigenvalue weighted by Crippen LogP contribution is -2.46. The molecule has 1 atom stereocenters. The van der Waals surface area contributed by atoms with Crippen LogP contribution in [0.15, 0.2) is 65.6 Å². The fraction of sp³-hybridized carbons (Fsp3) is 0.321. The first-order chi connectivity index (χ1) is 20.5. The van der Waals surface area contributed by atoms with Crippen molar-refractivity contribution in [1.82, 2.24) is 0 Å². The maximum Gasteiger partial charge on any atom is 0.573 e. The molecule has 0 bridgehead atoms. The van der Waals surface area contributed by atoms with Gasteiger partial charge in [0, 0.05) is 25.4 Å². The van der Waals surface area contributed by atoms with Crippen molar-refractivity contribution in [1.29, 1.82) is 0 Å². The summed E-state index contributed by atoms with van der Waals surface area (Å²) >= 11 is 6.19. The minimum Gasteiger partial charge on any atom is -0.486 e. The van der Waals surface area contributed by atoms with Crippen molar-refractivity contribution in [3.63, 3.8) is 0 Å². The molecule has 44 heavy (non-hydrogen) atoms. The molecule has 0 radical (unpaired) electrons. The number of carboxylic acids is 1. The topological polar surface area (TPSA) is 96.4 Å². The lowest BCUT2D eigenvalue weighted by atomic mass is 9.90. The number of rotatable bonds is 8. The molecule has 0 amide bonds. The number of sulfonamides is 1. The van der Waals surface area contributed by atoms with Gasteiger partial charge in [0.05, 0.1) is 33.4 Å². The highest BCUT2D eigenvalue weighted by atomic mass is 35.5.